The second-order valence-electron chi connectivity index (χ2n) is 6.30. The summed E-state index contributed by atoms with van der Waals surface area (Å²) in [6.45, 7) is 6.21. The van der Waals surface area contributed by atoms with Gasteiger partial charge in [0, 0.05) is 17.0 Å². The van der Waals surface area contributed by atoms with E-state index in [1.165, 1.54) is 0 Å². The molecule has 0 unspecified atom stereocenters. The number of carbonyl (C=O) groups excluding carboxylic acids is 1. The second-order valence-corrected chi connectivity index (χ2v) is 7.25. The maximum atomic E-state index is 12.5. The van der Waals surface area contributed by atoms with Gasteiger partial charge in [0.25, 0.3) is 0 Å². The Morgan fingerprint density at radius 1 is 1.15 bits per heavy atom. The van der Waals surface area contributed by atoms with Crippen molar-refractivity contribution in [3.05, 3.63) is 93.4 Å². The summed E-state index contributed by atoms with van der Waals surface area (Å²) in [5.41, 5.74) is 3.83. The van der Waals surface area contributed by atoms with E-state index < -0.39 is 0 Å². The number of hydrogen-bond acceptors (Lipinski definition) is 4. The molecule has 1 aliphatic rings. The van der Waals surface area contributed by atoms with Crippen LogP contribution in [0.3, 0.4) is 0 Å². The summed E-state index contributed by atoms with van der Waals surface area (Å²) in [6.07, 6.45) is 3.62. The van der Waals surface area contributed by atoms with E-state index in [2.05, 4.69) is 6.58 Å². The Morgan fingerprint density at radius 3 is 2.67 bits per heavy atom. The molecule has 4 heteroatoms. The number of thiophene rings is 1. The van der Waals surface area contributed by atoms with Crippen molar-refractivity contribution in [3.63, 3.8) is 0 Å². The zero-order chi connectivity index (χ0) is 18.8. The Kier molecular flexibility index (Phi) is 4.65. The SMILES string of the molecule is C=Cc1ccc(COc2ccc3c(c2)O/C(=C\c2sccc2C)C3=O)cc1. The number of hydrogen-bond donors (Lipinski definition) is 0. The van der Waals surface area contributed by atoms with Crippen LogP contribution < -0.4 is 9.47 Å². The maximum Gasteiger partial charge on any atom is 0.232 e. The molecule has 2 heterocycles. The highest BCUT2D eigenvalue weighted by Gasteiger charge is 2.28. The predicted molar refractivity (Wildman–Crippen MR) is 109 cm³/mol. The van der Waals surface area contributed by atoms with Crippen LogP contribution in [0.2, 0.25) is 0 Å². The van der Waals surface area contributed by atoms with Crippen molar-refractivity contribution in [2.24, 2.45) is 0 Å². The van der Waals surface area contributed by atoms with E-state index in [4.69, 9.17) is 9.47 Å². The zero-order valence-electron chi connectivity index (χ0n) is 14.9. The third-order valence-corrected chi connectivity index (χ3v) is 5.39. The Balaban J connectivity index is 1.49. The summed E-state index contributed by atoms with van der Waals surface area (Å²) in [6, 6.07) is 15.4. The van der Waals surface area contributed by atoms with Gasteiger partial charge in [-0.2, -0.15) is 0 Å². The van der Waals surface area contributed by atoms with Gasteiger partial charge in [0.1, 0.15) is 18.1 Å². The fraction of sp³-hybridized carbons (Fsp3) is 0.0870. The number of ether oxygens (including phenoxy) is 2. The third kappa shape index (κ3) is 3.57. The molecule has 0 fully saturated rings. The third-order valence-electron chi connectivity index (χ3n) is 4.43. The first-order valence-corrected chi connectivity index (χ1v) is 9.48. The standard InChI is InChI=1S/C23H18O3S/c1-3-16-4-6-17(7-5-16)14-25-18-8-9-19-20(12-18)26-21(23(19)24)13-22-15(2)10-11-27-22/h3-13H,1,14H2,2H3/b21-13-. The minimum Gasteiger partial charge on any atom is -0.489 e. The maximum absolute atomic E-state index is 12.5. The molecule has 0 N–H and O–H groups in total. The molecule has 0 saturated heterocycles. The highest BCUT2D eigenvalue weighted by atomic mass is 32.1. The monoisotopic (exact) mass is 374 g/mol. The van der Waals surface area contributed by atoms with Crippen LogP contribution in [0.5, 0.6) is 11.5 Å². The molecular formula is C23H18O3S. The molecule has 3 aromatic rings. The molecule has 0 amide bonds. The van der Waals surface area contributed by atoms with Gasteiger partial charge < -0.3 is 9.47 Å². The van der Waals surface area contributed by atoms with Gasteiger partial charge >= 0.3 is 0 Å². The Bertz CT molecular complexity index is 1040. The van der Waals surface area contributed by atoms with Crippen LogP contribution in [0.1, 0.15) is 31.9 Å². The van der Waals surface area contributed by atoms with Crippen LogP contribution in [0, 0.1) is 6.92 Å². The molecule has 1 aromatic heterocycles. The van der Waals surface area contributed by atoms with Crippen LogP contribution in [0.4, 0.5) is 0 Å². The van der Waals surface area contributed by atoms with Crippen LogP contribution in [0.15, 0.2) is 66.2 Å². The first-order chi connectivity index (χ1) is 13.1. The van der Waals surface area contributed by atoms with Crippen LogP contribution in [-0.2, 0) is 6.61 Å². The van der Waals surface area contributed by atoms with Gasteiger partial charge in [-0.25, -0.2) is 0 Å². The first kappa shape index (κ1) is 17.3. The molecule has 0 radical (unpaired) electrons. The minimum atomic E-state index is -0.0932. The number of ketones is 1. The van der Waals surface area contributed by atoms with E-state index in [0.29, 0.717) is 29.4 Å². The molecular weight excluding hydrogens is 356 g/mol. The van der Waals surface area contributed by atoms with Crippen molar-refractivity contribution in [1.29, 1.82) is 0 Å². The molecule has 0 spiro atoms. The Hall–Kier alpha value is -3.11. The van der Waals surface area contributed by atoms with Crippen molar-refractivity contribution in [3.8, 4) is 11.5 Å². The molecule has 4 rings (SSSR count). The summed E-state index contributed by atoms with van der Waals surface area (Å²) in [5, 5.41) is 2.00. The van der Waals surface area contributed by atoms with Gasteiger partial charge in [-0.1, -0.05) is 36.9 Å². The van der Waals surface area contributed by atoms with Gasteiger partial charge in [0.2, 0.25) is 5.78 Å². The topological polar surface area (TPSA) is 35.5 Å². The zero-order valence-corrected chi connectivity index (χ0v) is 15.7. The lowest BCUT2D eigenvalue weighted by molar-refractivity contribution is 0.101. The highest BCUT2D eigenvalue weighted by molar-refractivity contribution is 7.11. The molecule has 3 nitrogen and oxygen atoms in total. The van der Waals surface area contributed by atoms with Gasteiger partial charge in [0.05, 0.1) is 5.56 Å². The number of rotatable bonds is 5. The summed E-state index contributed by atoms with van der Waals surface area (Å²) < 4.78 is 11.6. The second kappa shape index (κ2) is 7.25. The minimum absolute atomic E-state index is 0.0932. The summed E-state index contributed by atoms with van der Waals surface area (Å²) in [7, 11) is 0. The van der Waals surface area contributed by atoms with Crippen molar-refractivity contribution < 1.29 is 14.3 Å². The van der Waals surface area contributed by atoms with Gasteiger partial charge in [-0.05, 0) is 47.2 Å². The predicted octanol–water partition coefficient (Wildman–Crippen LogP) is 5.89. The van der Waals surface area contributed by atoms with Crippen LogP contribution >= 0.6 is 11.3 Å². The molecule has 134 valence electrons. The number of carbonyl (C=O) groups is 1. The Morgan fingerprint density at radius 2 is 1.96 bits per heavy atom. The quantitative estimate of drug-likeness (QED) is 0.522. The number of allylic oxidation sites excluding steroid dienone is 1. The van der Waals surface area contributed by atoms with Crippen molar-refractivity contribution >= 4 is 29.3 Å². The van der Waals surface area contributed by atoms with E-state index in [1.807, 2.05) is 54.8 Å². The first-order valence-electron chi connectivity index (χ1n) is 8.60. The number of benzene rings is 2. The lowest BCUT2D eigenvalue weighted by atomic mass is 10.1. The normalized spacial score (nSPS) is 14.1. The Labute approximate surface area is 162 Å². The average molecular weight is 374 g/mol. The summed E-state index contributed by atoms with van der Waals surface area (Å²) in [4.78, 5) is 13.6. The summed E-state index contributed by atoms with van der Waals surface area (Å²) >= 11 is 1.59. The molecule has 0 atom stereocenters. The van der Waals surface area contributed by atoms with E-state index in [1.54, 1.807) is 29.5 Å². The molecule has 0 saturated carbocycles. The fourth-order valence-corrected chi connectivity index (χ4v) is 3.67. The van der Waals surface area contributed by atoms with E-state index >= 15 is 0 Å². The van der Waals surface area contributed by atoms with E-state index in [-0.39, 0.29) is 5.78 Å². The number of fused-ring (bicyclic) bond motifs is 1. The van der Waals surface area contributed by atoms with Crippen LogP contribution in [-0.4, -0.2) is 5.78 Å². The fourth-order valence-electron chi connectivity index (χ4n) is 2.83. The van der Waals surface area contributed by atoms with E-state index in [9.17, 15) is 4.79 Å². The van der Waals surface area contributed by atoms with Crippen LogP contribution in [0.25, 0.3) is 12.2 Å². The average Bonchev–Trinajstić information content (AvgIpc) is 3.24. The highest BCUT2D eigenvalue weighted by Crippen LogP contribution is 2.35. The van der Waals surface area contributed by atoms with Gasteiger partial charge in [0.15, 0.2) is 5.76 Å². The smallest absolute Gasteiger partial charge is 0.232 e. The van der Waals surface area contributed by atoms with E-state index in [0.717, 1.165) is 21.6 Å². The van der Waals surface area contributed by atoms with Gasteiger partial charge in [-0.15, -0.1) is 11.3 Å². The molecule has 1 aliphatic heterocycles. The van der Waals surface area contributed by atoms with Crippen molar-refractivity contribution in [2.75, 3.05) is 0 Å². The lowest BCUT2D eigenvalue weighted by Gasteiger charge is -2.07. The summed E-state index contributed by atoms with van der Waals surface area (Å²) in [5.74, 6) is 1.47. The molecule has 2 aromatic carbocycles. The molecule has 0 aliphatic carbocycles. The molecule has 27 heavy (non-hydrogen) atoms. The largest absolute Gasteiger partial charge is 0.489 e. The number of Topliss-reactive ketones (excluding diaryl/α,β-unsaturated/α-hetero) is 1. The molecule has 0 bridgehead atoms. The van der Waals surface area contributed by atoms with Crippen molar-refractivity contribution in [2.45, 2.75) is 13.5 Å². The van der Waals surface area contributed by atoms with Crippen molar-refractivity contribution in [1.82, 2.24) is 0 Å². The number of aryl methyl sites for hydroxylation is 1. The van der Waals surface area contributed by atoms with Gasteiger partial charge in [-0.3, -0.25) is 4.79 Å². The lowest BCUT2D eigenvalue weighted by Crippen LogP contribution is -1.97.